The van der Waals surface area contributed by atoms with Crippen molar-refractivity contribution in [3.63, 3.8) is 0 Å². The smallest absolute Gasteiger partial charge is 0.305 e. The zero-order chi connectivity index (χ0) is 19.2. The molecule has 0 aromatic carbocycles. The molecule has 0 radical (unpaired) electrons. The summed E-state index contributed by atoms with van der Waals surface area (Å²) in [6, 6.07) is 3.53. The largest absolute Gasteiger partial charge is 0.480 e. The van der Waals surface area contributed by atoms with Gasteiger partial charge in [-0.25, -0.2) is 0 Å². The van der Waals surface area contributed by atoms with Gasteiger partial charge >= 0.3 is 5.97 Å². The van der Waals surface area contributed by atoms with Crippen LogP contribution in [0.3, 0.4) is 0 Å². The van der Waals surface area contributed by atoms with Crippen LogP contribution in [0.25, 0.3) is 5.65 Å². The molecule has 0 aliphatic carbocycles. The Labute approximate surface area is 157 Å². The molecule has 1 amide bonds. The minimum absolute atomic E-state index is 0.144. The van der Waals surface area contributed by atoms with E-state index in [9.17, 15) is 9.59 Å². The van der Waals surface area contributed by atoms with E-state index in [2.05, 4.69) is 15.3 Å². The van der Waals surface area contributed by atoms with Gasteiger partial charge in [0.05, 0.1) is 14.2 Å². The summed E-state index contributed by atoms with van der Waals surface area (Å²) in [5.74, 6) is 1.49. The van der Waals surface area contributed by atoms with E-state index >= 15 is 0 Å². The van der Waals surface area contributed by atoms with Crippen LogP contribution >= 0.6 is 0 Å². The van der Waals surface area contributed by atoms with Crippen molar-refractivity contribution >= 4 is 17.5 Å². The van der Waals surface area contributed by atoms with Gasteiger partial charge in [0.15, 0.2) is 11.5 Å². The minimum Gasteiger partial charge on any atom is -0.480 e. The SMILES string of the molecule is COC(=O)CC1CCN(C(=O)CCCc2nnc3ccc(OC)nn23)CC1. The number of hydrogen-bond acceptors (Lipinski definition) is 7. The highest BCUT2D eigenvalue weighted by atomic mass is 16.5. The first-order valence-electron chi connectivity index (χ1n) is 9.20. The predicted octanol–water partition coefficient (Wildman–Crippen LogP) is 1.26. The molecular weight excluding hydrogens is 350 g/mol. The number of methoxy groups -OCH3 is 2. The molecule has 1 fully saturated rings. The molecule has 2 aromatic rings. The van der Waals surface area contributed by atoms with Crippen LogP contribution in [0, 0.1) is 5.92 Å². The average Bonchev–Trinajstić information content (AvgIpc) is 3.10. The molecule has 1 aliphatic heterocycles. The minimum atomic E-state index is -0.175. The summed E-state index contributed by atoms with van der Waals surface area (Å²) < 4.78 is 11.5. The first-order chi connectivity index (χ1) is 13.1. The zero-order valence-corrected chi connectivity index (χ0v) is 15.8. The Morgan fingerprint density at radius 2 is 1.96 bits per heavy atom. The number of ether oxygens (including phenoxy) is 2. The normalized spacial score (nSPS) is 15.1. The van der Waals surface area contributed by atoms with E-state index in [0.29, 0.717) is 62.0 Å². The predicted molar refractivity (Wildman–Crippen MR) is 96.2 cm³/mol. The Kier molecular flexibility index (Phi) is 6.20. The third kappa shape index (κ3) is 4.72. The lowest BCUT2D eigenvalue weighted by atomic mass is 9.93. The molecule has 1 aliphatic rings. The monoisotopic (exact) mass is 375 g/mol. The van der Waals surface area contributed by atoms with Crippen molar-refractivity contribution in [2.24, 2.45) is 5.92 Å². The molecule has 3 rings (SSSR count). The van der Waals surface area contributed by atoms with E-state index in [1.54, 1.807) is 23.8 Å². The summed E-state index contributed by atoms with van der Waals surface area (Å²) in [5.41, 5.74) is 0.657. The Morgan fingerprint density at radius 3 is 2.67 bits per heavy atom. The zero-order valence-electron chi connectivity index (χ0n) is 15.8. The van der Waals surface area contributed by atoms with E-state index in [0.717, 1.165) is 12.8 Å². The second-order valence-corrected chi connectivity index (χ2v) is 6.72. The highest BCUT2D eigenvalue weighted by Crippen LogP contribution is 2.21. The molecule has 0 unspecified atom stereocenters. The number of nitrogens with zero attached hydrogens (tertiary/aromatic N) is 5. The second kappa shape index (κ2) is 8.79. The van der Waals surface area contributed by atoms with E-state index in [4.69, 9.17) is 9.47 Å². The maximum atomic E-state index is 12.4. The average molecular weight is 375 g/mol. The standard InChI is InChI=1S/C18H25N5O4/c1-26-16-7-6-15-20-19-14(23(15)21-16)4-3-5-17(24)22-10-8-13(9-11-22)12-18(25)27-2/h6-7,13H,3-5,8-12H2,1-2H3. The van der Waals surface area contributed by atoms with Crippen molar-refractivity contribution in [2.75, 3.05) is 27.3 Å². The van der Waals surface area contributed by atoms with Crippen LogP contribution in [-0.4, -0.2) is 63.9 Å². The summed E-state index contributed by atoms with van der Waals surface area (Å²) in [7, 11) is 2.97. The van der Waals surface area contributed by atoms with E-state index in [-0.39, 0.29) is 11.9 Å². The fourth-order valence-corrected chi connectivity index (χ4v) is 3.34. The molecule has 2 aromatic heterocycles. The first kappa shape index (κ1) is 19.1. The Hall–Kier alpha value is -2.71. The molecule has 0 saturated carbocycles. The fraction of sp³-hybridized carbons (Fsp3) is 0.611. The molecule has 9 nitrogen and oxygen atoms in total. The molecule has 0 bridgehead atoms. The van der Waals surface area contributed by atoms with Gasteiger partial charge in [-0.3, -0.25) is 9.59 Å². The van der Waals surface area contributed by atoms with E-state index in [1.165, 1.54) is 7.11 Å². The lowest BCUT2D eigenvalue weighted by Gasteiger charge is -2.31. The number of amides is 1. The quantitative estimate of drug-likeness (QED) is 0.672. The maximum Gasteiger partial charge on any atom is 0.305 e. The number of esters is 1. The van der Waals surface area contributed by atoms with Gasteiger partial charge in [-0.1, -0.05) is 0 Å². The number of piperidine rings is 1. The third-order valence-corrected chi connectivity index (χ3v) is 4.95. The van der Waals surface area contributed by atoms with Crippen molar-refractivity contribution in [2.45, 2.75) is 38.5 Å². The number of aromatic nitrogens is 4. The lowest BCUT2D eigenvalue weighted by Crippen LogP contribution is -2.38. The van der Waals surface area contributed by atoms with Gasteiger partial charge in [-0.15, -0.1) is 15.3 Å². The molecule has 0 N–H and O–H groups in total. The van der Waals surface area contributed by atoms with Crippen molar-refractivity contribution in [1.29, 1.82) is 0 Å². The topological polar surface area (TPSA) is 98.9 Å². The van der Waals surface area contributed by atoms with Gasteiger partial charge in [-0.05, 0) is 31.2 Å². The summed E-state index contributed by atoms with van der Waals surface area (Å²) in [4.78, 5) is 25.7. The number of likely N-dealkylation sites (tertiary alicyclic amines) is 1. The third-order valence-electron chi connectivity index (χ3n) is 4.95. The number of carbonyl (C=O) groups is 2. The van der Waals surface area contributed by atoms with Gasteiger partial charge in [0, 0.05) is 38.4 Å². The molecule has 1 saturated heterocycles. The molecule has 146 valence electrons. The van der Waals surface area contributed by atoms with Gasteiger partial charge in [-0.2, -0.15) is 4.52 Å². The van der Waals surface area contributed by atoms with E-state index in [1.807, 2.05) is 4.90 Å². The number of hydrogen-bond donors (Lipinski definition) is 0. The molecule has 3 heterocycles. The Balaban J connectivity index is 1.46. The van der Waals surface area contributed by atoms with Gasteiger partial charge < -0.3 is 14.4 Å². The molecule has 9 heteroatoms. The molecule has 0 atom stereocenters. The number of rotatable bonds is 7. The fourth-order valence-electron chi connectivity index (χ4n) is 3.34. The Morgan fingerprint density at radius 1 is 1.19 bits per heavy atom. The van der Waals surface area contributed by atoms with Crippen LogP contribution in [0.4, 0.5) is 0 Å². The number of carbonyl (C=O) groups excluding carboxylic acids is 2. The maximum absolute atomic E-state index is 12.4. The van der Waals surface area contributed by atoms with Gasteiger partial charge in [0.25, 0.3) is 0 Å². The number of fused-ring (bicyclic) bond motifs is 1. The van der Waals surface area contributed by atoms with Crippen LogP contribution < -0.4 is 4.74 Å². The van der Waals surface area contributed by atoms with Gasteiger partial charge in [0.2, 0.25) is 11.8 Å². The summed E-state index contributed by atoms with van der Waals surface area (Å²) in [6.07, 6.45) is 3.89. The van der Waals surface area contributed by atoms with Crippen molar-refractivity contribution in [1.82, 2.24) is 24.7 Å². The highest BCUT2D eigenvalue weighted by Gasteiger charge is 2.24. The van der Waals surface area contributed by atoms with Crippen LogP contribution in [0.2, 0.25) is 0 Å². The van der Waals surface area contributed by atoms with Crippen LogP contribution in [0.15, 0.2) is 12.1 Å². The van der Waals surface area contributed by atoms with Crippen molar-refractivity contribution in [3.8, 4) is 5.88 Å². The molecule has 27 heavy (non-hydrogen) atoms. The Bertz CT molecular complexity index is 798. The second-order valence-electron chi connectivity index (χ2n) is 6.72. The highest BCUT2D eigenvalue weighted by molar-refractivity contribution is 5.76. The van der Waals surface area contributed by atoms with Crippen LogP contribution in [0.5, 0.6) is 5.88 Å². The summed E-state index contributed by atoms with van der Waals surface area (Å²) in [5, 5.41) is 12.6. The summed E-state index contributed by atoms with van der Waals surface area (Å²) in [6.45, 7) is 1.40. The van der Waals surface area contributed by atoms with Crippen molar-refractivity contribution in [3.05, 3.63) is 18.0 Å². The van der Waals surface area contributed by atoms with Gasteiger partial charge in [0.1, 0.15) is 0 Å². The van der Waals surface area contributed by atoms with Crippen LogP contribution in [-0.2, 0) is 20.7 Å². The van der Waals surface area contributed by atoms with Crippen molar-refractivity contribution < 1.29 is 19.1 Å². The number of aryl methyl sites for hydroxylation is 1. The van der Waals surface area contributed by atoms with Crippen LogP contribution in [0.1, 0.15) is 37.9 Å². The lowest BCUT2D eigenvalue weighted by molar-refractivity contribution is -0.142. The van der Waals surface area contributed by atoms with E-state index < -0.39 is 0 Å². The molecular formula is C18H25N5O4. The summed E-state index contributed by atoms with van der Waals surface area (Å²) >= 11 is 0. The first-order valence-corrected chi connectivity index (χ1v) is 9.20. The molecule has 0 spiro atoms.